The predicted octanol–water partition coefficient (Wildman–Crippen LogP) is 7.35. The highest BCUT2D eigenvalue weighted by Gasteiger charge is 2.23. The van der Waals surface area contributed by atoms with Crippen LogP contribution >= 0.6 is 11.6 Å². The van der Waals surface area contributed by atoms with Crippen molar-refractivity contribution >= 4 is 38.9 Å². The van der Waals surface area contributed by atoms with Gasteiger partial charge >= 0.3 is 0 Å². The average molecular weight is 737 g/mol. The van der Waals surface area contributed by atoms with Crippen molar-refractivity contribution in [3.05, 3.63) is 137 Å². The van der Waals surface area contributed by atoms with Crippen LogP contribution in [0.1, 0.15) is 27.9 Å². The molecular weight excluding hydrogens is 696 g/mol. The zero-order valence-corrected chi connectivity index (χ0v) is 30.6. The van der Waals surface area contributed by atoms with Gasteiger partial charge in [-0.3, -0.25) is 4.79 Å². The number of carbonyl (C=O) groups excluding carboxylic acids is 1. The molecule has 10 nitrogen and oxygen atoms in total. The highest BCUT2D eigenvalue weighted by Crippen LogP contribution is 2.30. The van der Waals surface area contributed by atoms with E-state index in [1.807, 2.05) is 62.6 Å². The first-order chi connectivity index (χ1) is 25.1. The fraction of sp³-hybridized carbons (Fsp3) is 0.200. The van der Waals surface area contributed by atoms with E-state index >= 15 is 0 Å². The number of rotatable bonds is 17. The van der Waals surface area contributed by atoms with Crippen LogP contribution in [-0.2, 0) is 16.6 Å². The zero-order valence-electron chi connectivity index (χ0n) is 29.0. The number of halogens is 1. The second kappa shape index (κ2) is 18.2. The average Bonchev–Trinajstić information content (AvgIpc) is 3.14. The van der Waals surface area contributed by atoms with Gasteiger partial charge in [-0.15, -0.1) is 0 Å². The molecule has 0 saturated heterocycles. The topological polar surface area (TPSA) is 136 Å². The van der Waals surface area contributed by atoms with Gasteiger partial charge in [0.25, 0.3) is 15.9 Å². The first kappa shape index (κ1) is 37.9. The van der Waals surface area contributed by atoms with Crippen LogP contribution in [0.15, 0.2) is 120 Å². The number of nitrogens with zero attached hydrogens (tertiary/aromatic N) is 2. The van der Waals surface area contributed by atoms with E-state index in [1.54, 1.807) is 36.4 Å². The van der Waals surface area contributed by atoms with Crippen molar-refractivity contribution in [1.29, 1.82) is 5.26 Å². The molecule has 0 atom stereocenters. The number of anilines is 2. The maximum Gasteiger partial charge on any atom is 0.268 e. The second-order valence-corrected chi connectivity index (χ2v) is 14.3. The molecule has 0 radical (unpaired) electrons. The molecule has 4 N–H and O–H groups in total. The lowest BCUT2D eigenvalue weighted by Crippen LogP contribution is -2.31. The summed E-state index contributed by atoms with van der Waals surface area (Å²) in [7, 11) is -0.380. The van der Waals surface area contributed by atoms with Gasteiger partial charge in [-0.2, -0.15) is 5.26 Å². The number of carbonyl (C=O) groups is 1. The molecule has 52 heavy (non-hydrogen) atoms. The first-order valence-corrected chi connectivity index (χ1v) is 18.6. The third kappa shape index (κ3) is 10.6. The number of benzene rings is 5. The molecule has 5 rings (SSSR count). The number of nitriles is 1. The molecule has 0 heterocycles. The second-order valence-electron chi connectivity index (χ2n) is 12.2. The fourth-order valence-electron chi connectivity index (χ4n) is 5.42. The highest BCUT2D eigenvalue weighted by atomic mass is 35.5. The molecule has 0 aliphatic heterocycles. The van der Waals surface area contributed by atoms with Crippen LogP contribution in [0.5, 0.6) is 11.5 Å². The first-order valence-electron chi connectivity index (χ1n) is 16.8. The molecule has 0 spiro atoms. The molecule has 0 unspecified atom stereocenters. The molecule has 5 aromatic rings. The van der Waals surface area contributed by atoms with Gasteiger partial charge in [0.05, 0.1) is 21.7 Å². The van der Waals surface area contributed by atoms with E-state index in [9.17, 15) is 18.5 Å². The van der Waals surface area contributed by atoms with Crippen LogP contribution in [0.25, 0.3) is 11.1 Å². The third-order valence-corrected chi connectivity index (χ3v) is 9.64. The molecular formula is C40H41ClN6O4S. The molecule has 0 fully saturated rings. The third-order valence-electron chi connectivity index (χ3n) is 8.06. The van der Waals surface area contributed by atoms with Crippen LogP contribution < -0.4 is 25.4 Å². The molecule has 0 saturated carbocycles. The number of hydrogen-bond donors (Lipinski definition) is 4. The van der Waals surface area contributed by atoms with Crippen molar-refractivity contribution in [1.82, 2.24) is 14.9 Å². The SMILES string of the molecule is CN(C)CCCNc1ccc(S(=O)(=O)NC(=O)c2ccc(NCCNCc3ccccc3-c3ccc(Cl)cc3)cc2Oc2ccccc2)cc1C#N. The summed E-state index contributed by atoms with van der Waals surface area (Å²) in [6.07, 6.45) is 0.841. The van der Waals surface area contributed by atoms with Crippen LogP contribution in [0.3, 0.4) is 0 Å². The van der Waals surface area contributed by atoms with Gasteiger partial charge in [-0.1, -0.05) is 66.2 Å². The van der Waals surface area contributed by atoms with Gasteiger partial charge in [0.1, 0.15) is 17.6 Å². The smallest absolute Gasteiger partial charge is 0.268 e. The van der Waals surface area contributed by atoms with Crippen LogP contribution in [0.4, 0.5) is 11.4 Å². The molecule has 268 valence electrons. The quantitative estimate of drug-likeness (QED) is 0.0723. The predicted molar refractivity (Wildman–Crippen MR) is 208 cm³/mol. The van der Waals surface area contributed by atoms with Gasteiger partial charge in [0, 0.05) is 43.0 Å². The molecule has 5 aromatic carbocycles. The number of amides is 1. The van der Waals surface area contributed by atoms with E-state index in [2.05, 4.69) is 37.7 Å². The Kier molecular flexibility index (Phi) is 13.3. The van der Waals surface area contributed by atoms with Gasteiger partial charge in [0.2, 0.25) is 0 Å². The monoisotopic (exact) mass is 736 g/mol. The molecule has 0 bridgehead atoms. The zero-order chi connectivity index (χ0) is 36.9. The minimum atomic E-state index is -4.33. The van der Waals surface area contributed by atoms with Crippen molar-refractivity contribution in [2.45, 2.75) is 17.9 Å². The maximum atomic E-state index is 13.5. The largest absolute Gasteiger partial charge is 0.456 e. The van der Waals surface area contributed by atoms with E-state index in [1.165, 1.54) is 24.3 Å². The number of nitrogens with one attached hydrogen (secondary N) is 4. The lowest BCUT2D eigenvalue weighted by atomic mass is 10.00. The molecule has 1 amide bonds. The number of para-hydroxylation sites is 1. The molecule has 0 aliphatic carbocycles. The van der Waals surface area contributed by atoms with E-state index in [4.69, 9.17) is 16.3 Å². The van der Waals surface area contributed by atoms with Gasteiger partial charge in [0.15, 0.2) is 0 Å². The summed E-state index contributed by atoms with van der Waals surface area (Å²) in [6, 6.07) is 36.0. The number of ether oxygens (including phenoxy) is 1. The standard InChI is InChI=1S/C40H41ClN6O4S/c1-47(2)24-8-21-45-38-20-18-35(25-31(38)27-42)52(49,50)46-40(48)37-19-17-33(26-39(37)51-34-10-4-3-5-11-34)44-23-22-43-28-30-9-6-7-12-36(30)29-13-15-32(41)16-14-29/h3-7,9-20,25-26,43-45H,8,21-24,28H2,1-2H3,(H,46,48). The Labute approximate surface area is 310 Å². The van der Waals surface area contributed by atoms with Crippen LogP contribution in [-0.4, -0.2) is 59.5 Å². The maximum absolute atomic E-state index is 13.5. The summed E-state index contributed by atoms with van der Waals surface area (Å²) < 4.78 is 34.9. The van der Waals surface area contributed by atoms with Crippen LogP contribution in [0.2, 0.25) is 5.02 Å². The molecule has 0 aliphatic rings. The van der Waals surface area contributed by atoms with Crippen LogP contribution in [0, 0.1) is 11.3 Å². The number of sulfonamides is 1. The highest BCUT2D eigenvalue weighted by molar-refractivity contribution is 7.90. The summed E-state index contributed by atoms with van der Waals surface area (Å²) in [6.45, 7) is 3.33. The van der Waals surface area contributed by atoms with Gasteiger partial charge < -0.3 is 25.6 Å². The summed E-state index contributed by atoms with van der Waals surface area (Å²) >= 11 is 6.08. The van der Waals surface area contributed by atoms with E-state index < -0.39 is 15.9 Å². The van der Waals surface area contributed by atoms with Gasteiger partial charge in [-0.25, -0.2) is 13.1 Å². The van der Waals surface area contributed by atoms with Crippen molar-refractivity contribution < 1.29 is 17.9 Å². The van der Waals surface area contributed by atoms with E-state index in [0.717, 1.165) is 29.7 Å². The summed E-state index contributed by atoms with van der Waals surface area (Å²) in [5.41, 5.74) is 4.75. The minimum absolute atomic E-state index is 0.0228. The van der Waals surface area contributed by atoms with Crippen molar-refractivity contribution in [3.8, 4) is 28.7 Å². The lowest BCUT2D eigenvalue weighted by molar-refractivity contribution is 0.0979. The Bertz CT molecular complexity index is 2120. The molecule has 0 aromatic heterocycles. The van der Waals surface area contributed by atoms with E-state index in [0.29, 0.717) is 48.3 Å². The normalized spacial score (nSPS) is 11.1. The Morgan fingerprint density at radius 1 is 0.846 bits per heavy atom. The Balaban J connectivity index is 1.25. The molecule has 12 heteroatoms. The number of hydrogen-bond acceptors (Lipinski definition) is 9. The summed E-state index contributed by atoms with van der Waals surface area (Å²) in [5, 5.41) is 20.4. The van der Waals surface area contributed by atoms with E-state index in [-0.39, 0.29) is 21.8 Å². The van der Waals surface area contributed by atoms with Gasteiger partial charge in [-0.05, 0) is 98.3 Å². The van der Waals surface area contributed by atoms with Crippen molar-refractivity contribution in [3.63, 3.8) is 0 Å². The van der Waals surface area contributed by atoms with Crippen molar-refractivity contribution in [2.75, 3.05) is 50.9 Å². The Morgan fingerprint density at radius 2 is 1.60 bits per heavy atom. The minimum Gasteiger partial charge on any atom is -0.456 e. The fourth-order valence-corrected chi connectivity index (χ4v) is 6.53. The van der Waals surface area contributed by atoms with Crippen molar-refractivity contribution in [2.24, 2.45) is 0 Å². The Hall–Kier alpha value is -5.38. The summed E-state index contributed by atoms with van der Waals surface area (Å²) in [5.74, 6) is -0.225. The Morgan fingerprint density at radius 3 is 2.35 bits per heavy atom. The summed E-state index contributed by atoms with van der Waals surface area (Å²) in [4.78, 5) is 15.3. The lowest BCUT2D eigenvalue weighted by Gasteiger charge is -2.15.